The van der Waals surface area contributed by atoms with Crippen LogP contribution in [0, 0.1) is 0 Å². The molecule has 0 bridgehead atoms. The first-order valence-electron chi connectivity index (χ1n) is 4.75. The number of nitrogen functional groups attached to an aromatic ring is 1. The zero-order chi connectivity index (χ0) is 12.5. The molecule has 0 aliphatic rings. The Labute approximate surface area is 97.9 Å². The number of aryl methyl sites for hydroxylation is 1. The molecule has 92 valence electrons. The number of imidazole rings is 1. The SMILES string of the molecule is Cn1cnc(N)c1S(=O)(=O)NCc1ccn[nH]1. The highest BCUT2D eigenvalue weighted by molar-refractivity contribution is 7.89. The first-order valence-corrected chi connectivity index (χ1v) is 6.24. The van der Waals surface area contributed by atoms with Gasteiger partial charge in [0.15, 0.2) is 10.8 Å². The minimum absolute atomic E-state index is 0.0235. The summed E-state index contributed by atoms with van der Waals surface area (Å²) in [6.07, 6.45) is 2.89. The van der Waals surface area contributed by atoms with E-state index in [1.165, 1.54) is 10.9 Å². The minimum atomic E-state index is -3.68. The van der Waals surface area contributed by atoms with Crippen LogP contribution in [0.3, 0.4) is 0 Å². The lowest BCUT2D eigenvalue weighted by Crippen LogP contribution is -2.26. The number of sulfonamides is 1. The van der Waals surface area contributed by atoms with E-state index >= 15 is 0 Å². The molecule has 0 aliphatic heterocycles. The fraction of sp³-hybridized carbons (Fsp3) is 0.250. The van der Waals surface area contributed by atoms with Crippen LogP contribution in [-0.4, -0.2) is 28.2 Å². The zero-order valence-electron chi connectivity index (χ0n) is 9.08. The van der Waals surface area contributed by atoms with E-state index in [-0.39, 0.29) is 17.4 Å². The van der Waals surface area contributed by atoms with Gasteiger partial charge in [-0.25, -0.2) is 18.1 Å². The van der Waals surface area contributed by atoms with Gasteiger partial charge in [0.05, 0.1) is 18.6 Å². The first-order chi connectivity index (χ1) is 8.00. The second kappa shape index (κ2) is 4.18. The van der Waals surface area contributed by atoms with E-state index in [2.05, 4.69) is 19.9 Å². The lowest BCUT2D eigenvalue weighted by atomic mass is 10.4. The van der Waals surface area contributed by atoms with Gasteiger partial charge in [0.2, 0.25) is 0 Å². The van der Waals surface area contributed by atoms with E-state index in [4.69, 9.17) is 5.73 Å². The van der Waals surface area contributed by atoms with E-state index in [1.54, 1.807) is 19.3 Å². The molecule has 0 saturated carbocycles. The van der Waals surface area contributed by atoms with Crippen LogP contribution in [0.5, 0.6) is 0 Å². The molecular weight excluding hydrogens is 244 g/mol. The molecule has 0 atom stereocenters. The van der Waals surface area contributed by atoms with Crippen LogP contribution in [0.25, 0.3) is 0 Å². The normalized spacial score (nSPS) is 11.8. The zero-order valence-corrected chi connectivity index (χ0v) is 9.90. The Balaban J connectivity index is 2.20. The molecule has 2 heterocycles. The highest BCUT2D eigenvalue weighted by Gasteiger charge is 2.21. The summed E-state index contributed by atoms with van der Waals surface area (Å²) in [5, 5.41) is 6.33. The molecule has 0 unspecified atom stereocenters. The van der Waals surface area contributed by atoms with Crippen molar-refractivity contribution in [3.8, 4) is 0 Å². The molecule has 0 saturated heterocycles. The summed E-state index contributed by atoms with van der Waals surface area (Å²) in [5.74, 6) is -0.0235. The predicted octanol–water partition coefficient (Wildman–Crippen LogP) is -0.796. The average Bonchev–Trinajstić information content (AvgIpc) is 2.86. The topological polar surface area (TPSA) is 119 Å². The molecule has 8 nitrogen and oxygen atoms in total. The molecule has 0 amide bonds. The average molecular weight is 256 g/mol. The fourth-order valence-corrected chi connectivity index (χ4v) is 2.63. The number of H-pyrrole nitrogens is 1. The standard InChI is InChI=1S/C8H12N6O2S/c1-14-5-10-7(9)8(14)17(15,16)12-4-6-2-3-11-13-6/h2-3,5,12H,4,9H2,1H3,(H,11,13). The number of anilines is 1. The number of aromatic nitrogens is 4. The van der Waals surface area contributed by atoms with Crippen molar-refractivity contribution in [1.29, 1.82) is 0 Å². The summed E-state index contributed by atoms with van der Waals surface area (Å²) >= 11 is 0. The van der Waals surface area contributed by atoms with Crippen LogP contribution >= 0.6 is 0 Å². The maximum atomic E-state index is 11.9. The van der Waals surface area contributed by atoms with Gasteiger partial charge in [-0.15, -0.1) is 0 Å². The van der Waals surface area contributed by atoms with Crippen LogP contribution in [-0.2, 0) is 23.6 Å². The summed E-state index contributed by atoms with van der Waals surface area (Å²) in [6.45, 7) is 0.118. The molecule has 9 heteroatoms. The summed E-state index contributed by atoms with van der Waals surface area (Å²) < 4.78 is 27.6. The molecule has 17 heavy (non-hydrogen) atoms. The Morgan fingerprint density at radius 2 is 2.35 bits per heavy atom. The molecule has 2 aromatic rings. The van der Waals surface area contributed by atoms with Crippen LogP contribution in [0.15, 0.2) is 23.6 Å². The van der Waals surface area contributed by atoms with Gasteiger partial charge < -0.3 is 10.3 Å². The Morgan fingerprint density at radius 1 is 1.59 bits per heavy atom. The molecule has 0 spiro atoms. The molecule has 0 aromatic carbocycles. The predicted molar refractivity (Wildman–Crippen MR) is 60.2 cm³/mol. The molecular formula is C8H12N6O2S. The molecule has 4 N–H and O–H groups in total. The second-order valence-electron chi connectivity index (χ2n) is 3.45. The molecule has 0 fully saturated rings. The highest BCUT2D eigenvalue weighted by atomic mass is 32.2. The van der Waals surface area contributed by atoms with Crippen LogP contribution < -0.4 is 10.5 Å². The van der Waals surface area contributed by atoms with Crippen molar-refractivity contribution in [3.05, 3.63) is 24.3 Å². The Hall–Kier alpha value is -1.87. The molecule has 2 rings (SSSR count). The monoisotopic (exact) mass is 256 g/mol. The smallest absolute Gasteiger partial charge is 0.260 e. The largest absolute Gasteiger partial charge is 0.381 e. The van der Waals surface area contributed by atoms with Crippen molar-refractivity contribution in [2.75, 3.05) is 5.73 Å². The lowest BCUT2D eigenvalue weighted by Gasteiger charge is -2.06. The van der Waals surface area contributed by atoms with Gasteiger partial charge in [-0.2, -0.15) is 5.10 Å². The maximum Gasteiger partial charge on any atom is 0.260 e. The third-order valence-electron chi connectivity index (χ3n) is 2.18. The van der Waals surface area contributed by atoms with Gasteiger partial charge in [0.1, 0.15) is 0 Å². The van der Waals surface area contributed by atoms with Crippen molar-refractivity contribution >= 4 is 15.8 Å². The van der Waals surface area contributed by atoms with E-state index in [0.717, 1.165) is 0 Å². The first kappa shape index (κ1) is 11.6. The van der Waals surface area contributed by atoms with Gasteiger partial charge in [0.25, 0.3) is 10.0 Å². The summed E-state index contributed by atoms with van der Waals surface area (Å²) in [4.78, 5) is 3.73. The molecule has 0 radical (unpaired) electrons. The third kappa shape index (κ3) is 2.29. The minimum Gasteiger partial charge on any atom is -0.381 e. The number of nitrogens with zero attached hydrogens (tertiary/aromatic N) is 3. The number of hydrogen-bond donors (Lipinski definition) is 3. The number of nitrogens with one attached hydrogen (secondary N) is 2. The Bertz CT molecular complexity index is 581. The number of rotatable bonds is 4. The Morgan fingerprint density at radius 3 is 2.88 bits per heavy atom. The van der Waals surface area contributed by atoms with Crippen molar-refractivity contribution in [2.24, 2.45) is 7.05 Å². The number of hydrogen-bond acceptors (Lipinski definition) is 5. The van der Waals surface area contributed by atoms with E-state index in [9.17, 15) is 8.42 Å². The van der Waals surface area contributed by atoms with Gasteiger partial charge >= 0.3 is 0 Å². The quantitative estimate of drug-likeness (QED) is 0.662. The Kier molecular flexibility index (Phi) is 2.86. The molecule has 2 aromatic heterocycles. The van der Waals surface area contributed by atoms with Gasteiger partial charge in [-0.1, -0.05) is 0 Å². The summed E-state index contributed by atoms with van der Waals surface area (Å²) in [7, 11) is -2.11. The van der Waals surface area contributed by atoms with Crippen LogP contribution in [0.4, 0.5) is 5.82 Å². The van der Waals surface area contributed by atoms with Crippen molar-refractivity contribution < 1.29 is 8.42 Å². The highest BCUT2D eigenvalue weighted by Crippen LogP contribution is 2.15. The van der Waals surface area contributed by atoms with Crippen LogP contribution in [0.2, 0.25) is 0 Å². The number of aromatic amines is 1. The van der Waals surface area contributed by atoms with Gasteiger partial charge in [0, 0.05) is 13.2 Å². The van der Waals surface area contributed by atoms with Gasteiger partial charge in [-0.3, -0.25) is 5.10 Å². The second-order valence-corrected chi connectivity index (χ2v) is 5.13. The maximum absolute atomic E-state index is 11.9. The fourth-order valence-electron chi connectivity index (χ4n) is 1.39. The molecule has 0 aliphatic carbocycles. The van der Waals surface area contributed by atoms with E-state index in [0.29, 0.717) is 5.69 Å². The lowest BCUT2D eigenvalue weighted by molar-refractivity contribution is 0.570. The van der Waals surface area contributed by atoms with Crippen molar-refractivity contribution in [1.82, 2.24) is 24.5 Å². The van der Waals surface area contributed by atoms with E-state index in [1.807, 2.05) is 0 Å². The van der Waals surface area contributed by atoms with Gasteiger partial charge in [-0.05, 0) is 6.07 Å². The number of nitrogens with two attached hydrogens (primary N) is 1. The summed E-state index contributed by atoms with van der Waals surface area (Å²) in [6, 6.07) is 1.68. The van der Waals surface area contributed by atoms with Crippen molar-refractivity contribution in [2.45, 2.75) is 11.6 Å². The van der Waals surface area contributed by atoms with Crippen LogP contribution in [0.1, 0.15) is 5.69 Å². The summed E-state index contributed by atoms with van der Waals surface area (Å²) in [5.41, 5.74) is 6.17. The van der Waals surface area contributed by atoms with E-state index < -0.39 is 10.0 Å². The van der Waals surface area contributed by atoms with Crippen molar-refractivity contribution in [3.63, 3.8) is 0 Å². The third-order valence-corrected chi connectivity index (χ3v) is 3.71.